The highest BCUT2D eigenvalue weighted by molar-refractivity contribution is 5.63. The van der Waals surface area contributed by atoms with Gasteiger partial charge in [-0.1, -0.05) is 179 Å². The minimum Gasteiger partial charge on any atom is -0.361 e. The molecular formula is C44H76N2O2. The summed E-state index contributed by atoms with van der Waals surface area (Å²) >= 11 is 0. The number of unbranched alkanes of at least 4 members (excludes halogenated alkanes) is 16. The van der Waals surface area contributed by atoms with Crippen LogP contribution in [0.4, 0.5) is 0 Å². The molecule has 4 heteroatoms. The number of hydrogen-bond acceptors (Lipinski definition) is 4. The Morgan fingerprint density at radius 2 is 0.625 bits per heavy atom. The molecule has 0 N–H and O–H groups in total. The zero-order valence-corrected chi connectivity index (χ0v) is 32.1. The average molecular weight is 665 g/mol. The third-order valence-corrected chi connectivity index (χ3v) is 9.64. The molecule has 0 saturated heterocycles. The summed E-state index contributed by atoms with van der Waals surface area (Å²) in [6, 6.07) is 17.9. The zero-order valence-electron chi connectivity index (χ0n) is 32.1. The Labute approximate surface area is 298 Å². The molecule has 2 rings (SSSR count). The third-order valence-electron chi connectivity index (χ3n) is 9.64. The van der Waals surface area contributed by atoms with Gasteiger partial charge in [0, 0.05) is 26.2 Å². The SMILES string of the molecule is CCCCCCCN(CCCCCCC)COCc1ccc(-c2ccc(COCN(CCCCCCC)CCCCCCC)cc2)cc1. The summed E-state index contributed by atoms with van der Waals surface area (Å²) in [5, 5.41) is 0. The molecule has 0 aromatic heterocycles. The molecule has 0 atom stereocenters. The number of rotatable bonds is 33. The summed E-state index contributed by atoms with van der Waals surface area (Å²) in [7, 11) is 0. The van der Waals surface area contributed by atoms with Crippen molar-refractivity contribution < 1.29 is 9.47 Å². The van der Waals surface area contributed by atoms with Gasteiger partial charge < -0.3 is 9.47 Å². The lowest BCUT2D eigenvalue weighted by molar-refractivity contribution is 0.0168. The van der Waals surface area contributed by atoms with E-state index < -0.39 is 0 Å². The van der Waals surface area contributed by atoms with Crippen LogP contribution in [0.3, 0.4) is 0 Å². The predicted molar refractivity (Wildman–Crippen MR) is 209 cm³/mol. The molecule has 0 spiro atoms. The van der Waals surface area contributed by atoms with Crippen LogP contribution in [-0.2, 0) is 22.7 Å². The molecule has 0 saturated carbocycles. The van der Waals surface area contributed by atoms with E-state index in [1.165, 1.54) is 151 Å². The van der Waals surface area contributed by atoms with Gasteiger partial charge in [0.1, 0.15) is 0 Å². The molecule has 0 radical (unpaired) electrons. The van der Waals surface area contributed by atoms with Gasteiger partial charge >= 0.3 is 0 Å². The van der Waals surface area contributed by atoms with Gasteiger partial charge in [-0.2, -0.15) is 0 Å². The number of hydrogen-bond donors (Lipinski definition) is 0. The molecule has 2 aromatic carbocycles. The molecule has 48 heavy (non-hydrogen) atoms. The second-order valence-electron chi connectivity index (χ2n) is 14.2. The van der Waals surface area contributed by atoms with Crippen molar-refractivity contribution in [2.75, 3.05) is 39.6 Å². The first-order valence-electron chi connectivity index (χ1n) is 20.5. The van der Waals surface area contributed by atoms with Crippen LogP contribution in [0.25, 0.3) is 11.1 Å². The van der Waals surface area contributed by atoms with Gasteiger partial charge in [-0.05, 0) is 47.9 Å². The van der Waals surface area contributed by atoms with Crippen molar-refractivity contribution in [3.63, 3.8) is 0 Å². The van der Waals surface area contributed by atoms with Gasteiger partial charge in [-0.25, -0.2) is 0 Å². The maximum absolute atomic E-state index is 6.24. The minimum atomic E-state index is 0.674. The Bertz CT molecular complexity index is 853. The predicted octanol–water partition coefficient (Wildman–Crippen LogP) is 12.8. The second kappa shape index (κ2) is 30.1. The Hall–Kier alpha value is -1.72. The topological polar surface area (TPSA) is 24.9 Å². The Morgan fingerprint density at radius 3 is 0.896 bits per heavy atom. The van der Waals surface area contributed by atoms with Crippen molar-refractivity contribution in [3.8, 4) is 11.1 Å². The van der Waals surface area contributed by atoms with Crippen LogP contribution < -0.4 is 0 Å². The van der Waals surface area contributed by atoms with Crippen molar-refractivity contribution in [1.82, 2.24) is 9.80 Å². The molecule has 2 aromatic rings. The number of nitrogens with zero attached hydrogens (tertiary/aromatic N) is 2. The molecule has 0 bridgehead atoms. The van der Waals surface area contributed by atoms with Crippen LogP contribution in [0.2, 0.25) is 0 Å². The molecule has 0 unspecified atom stereocenters. The quantitative estimate of drug-likeness (QED) is 0.0560. The van der Waals surface area contributed by atoms with Gasteiger partial charge in [-0.3, -0.25) is 9.80 Å². The minimum absolute atomic E-state index is 0.674. The summed E-state index contributed by atoms with van der Waals surface area (Å²) in [5.74, 6) is 0. The molecule has 0 aliphatic heterocycles. The van der Waals surface area contributed by atoms with Crippen molar-refractivity contribution >= 4 is 0 Å². The van der Waals surface area contributed by atoms with Crippen LogP contribution in [0.1, 0.15) is 167 Å². The molecule has 0 amide bonds. The molecular weight excluding hydrogens is 588 g/mol. The van der Waals surface area contributed by atoms with Crippen molar-refractivity contribution in [2.24, 2.45) is 0 Å². The summed E-state index contributed by atoms with van der Waals surface area (Å²) < 4.78 is 12.5. The van der Waals surface area contributed by atoms with E-state index in [0.717, 1.165) is 39.6 Å². The highest BCUT2D eigenvalue weighted by Gasteiger charge is 2.08. The summed E-state index contributed by atoms with van der Waals surface area (Å²) in [5.41, 5.74) is 5.00. The van der Waals surface area contributed by atoms with E-state index in [1.54, 1.807) is 0 Å². The van der Waals surface area contributed by atoms with E-state index >= 15 is 0 Å². The lowest BCUT2D eigenvalue weighted by Crippen LogP contribution is -2.28. The highest BCUT2D eigenvalue weighted by atomic mass is 16.5. The first-order valence-corrected chi connectivity index (χ1v) is 20.5. The summed E-state index contributed by atoms with van der Waals surface area (Å²) in [6.07, 6.45) is 26.6. The highest BCUT2D eigenvalue weighted by Crippen LogP contribution is 2.21. The molecule has 274 valence electrons. The fraction of sp³-hybridized carbons (Fsp3) is 0.727. The van der Waals surface area contributed by atoms with Crippen LogP contribution in [-0.4, -0.2) is 49.4 Å². The largest absolute Gasteiger partial charge is 0.361 e. The van der Waals surface area contributed by atoms with Crippen LogP contribution in [0.5, 0.6) is 0 Å². The van der Waals surface area contributed by atoms with Gasteiger partial charge in [0.15, 0.2) is 0 Å². The van der Waals surface area contributed by atoms with Gasteiger partial charge in [0.25, 0.3) is 0 Å². The van der Waals surface area contributed by atoms with Crippen LogP contribution in [0.15, 0.2) is 48.5 Å². The lowest BCUT2D eigenvalue weighted by Gasteiger charge is -2.22. The van der Waals surface area contributed by atoms with Crippen LogP contribution in [0, 0.1) is 0 Å². The molecule has 4 nitrogen and oxygen atoms in total. The average Bonchev–Trinajstić information content (AvgIpc) is 3.11. The van der Waals surface area contributed by atoms with E-state index in [-0.39, 0.29) is 0 Å². The van der Waals surface area contributed by atoms with Gasteiger partial charge in [-0.15, -0.1) is 0 Å². The molecule has 0 aliphatic rings. The molecule has 0 aliphatic carbocycles. The smallest absolute Gasteiger partial charge is 0.0994 e. The van der Waals surface area contributed by atoms with Crippen molar-refractivity contribution in [2.45, 2.75) is 169 Å². The Morgan fingerprint density at radius 1 is 0.354 bits per heavy atom. The summed E-state index contributed by atoms with van der Waals surface area (Å²) in [6.45, 7) is 16.6. The fourth-order valence-electron chi connectivity index (χ4n) is 6.41. The van der Waals surface area contributed by atoms with E-state index in [2.05, 4.69) is 86.0 Å². The van der Waals surface area contributed by atoms with Gasteiger partial charge in [0.05, 0.1) is 26.7 Å². The Balaban J connectivity index is 1.77. The van der Waals surface area contributed by atoms with Gasteiger partial charge in [0.2, 0.25) is 0 Å². The fourth-order valence-corrected chi connectivity index (χ4v) is 6.41. The lowest BCUT2D eigenvalue weighted by atomic mass is 10.0. The zero-order chi connectivity index (χ0) is 34.3. The number of ether oxygens (including phenoxy) is 2. The van der Waals surface area contributed by atoms with E-state index in [0.29, 0.717) is 13.2 Å². The van der Waals surface area contributed by atoms with E-state index in [1.807, 2.05) is 0 Å². The van der Waals surface area contributed by atoms with Crippen molar-refractivity contribution in [3.05, 3.63) is 59.7 Å². The molecule has 0 fully saturated rings. The first-order chi connectivity index (χ1) is 23.7. The second-order valence-corrected chi connectivity index (χ2v) is 14.2. The number of benzene rings is 2. The summed E-state index contributed by atoms with van der Waals surface area (Å²) in [4.78, 5) is 5.08. The monoisotopic (exact) mass is 665 g/mol. The van der Waals surface area contributed by atoms with E-state index in [4.69, 9.17) is 9.47 Å². The third kappa shape index (κ3) is 21.4. The normalized spacial score (nSPS) is 11.7. The maximum atomic E-state index is 6.24. The van der Waals surface area contributed by atoms with E-state index in [9.17, 15) is 0 Å². The Kier molecular flexibility index (Phi) is 26.6. The maximum Gasteiger partial charge on any atom is 0.0994 e. The molecule has 0 heterocycles. The standard InChI is InChI=1S/C44H76N2O2/c1-5-9-13-17-21-33-45(34-22-18-14-10-6-2)39-47-37-41-25-29-43(30-26-41)44-31-27-42(28-32-44)38-48-40-46(35-23-19-15-11-7-3)36-24-20-16-12-8-4/h25-32H,5-24,33-40H2,1-4H3. The van der Waals surface area contributed by atoms with Crippen molar-refractivity contribution in [1.29, 1.82) is 0 Å². The van der Waals surface area contributed by atoms with Crippen LogP contribution >= 0.6 is 0 Å². The first kappa shape index (κ1) is 42.4.